The van der Waals surface area contributed by atoms with Gasteiger partial charge in [-0.1, -0.05) is 12.1 Å². The molecule has 27 heavy (non-hydrogen) atoms. The van der Waals surface area contributed by atoms with Crippen molar-refractivity contribution in [2.45, 2.75) is 65.3 Å². The summed E-state index contributed by atoms with van der Waals surface area (Å²) in [5, 5.41) is 23.1. The molecule has 0 bridgehead atoms. The van der Waals surface area contributed by atoms with Gasteiger partial charge in [0.15, 0.2) is 0 Å². The molecule has 1 amide bonds. The van der Waals surface area contributed by atoms with Gasteiger partial charge in [-0.05, 0) is 66.1 Å². The Balaban J connectivity index is 2.55. The normalized spacial score (nSPS) is 12.5. The monoisotopic (exact) mass is 381 g/mol. The highest BCUT2D eigenvalue weighted by molar-refractivity contribution is 6.60. The van der Waals surface area contributed by atoms with Gasteiger partial charge >= 0.3 is 13.2 Å². The van der Waals surface area contributed by atoms with Crippen LogP contribution < -0.4 is 15.5 Å². The van der Waals surface area contributed by atoms with Crippen LogP contribution in [0.1, 0.15) is 48.5 Å². The molecule has 0 fully saturated rings. The van der Waals surface area contributed by atoms with Crippen molar-refractivity contribution in [1.29, 1.82) is 0 Å². The van der Waals surface area contributed by atoms with Crippen molar-refractivity contribution in [3.05, 3.63) is 24.3 Å². The number of nitrogens with one attached hydrogen (secondary N) is 1. The highest BCUT2D eigenvalue weighted by Gasteiger charge is 2.39. The van der Waals surface area contributed by atoms with Crippen molar-refractivity contribution in [3.63, 3.8) is 0 Å². The van der Waals surface area contributed by atoms with Crippen molar-refractivity contribution in [2.24, 2.45) is 0 Å². The second-order valence-electron chi connectivity index (χ2n) is 8.39. The van der Waals surface area contributed by atoms with Crippen LogP contribution in [-0.2, 0) is 9.39 Å². The first-order valence-electron chi connectivity index (χ1n) is 8.99. The number of benzene rings is 1. The average molecular weight is 381 g/mol. The molecule has 3 N–H and O–H groups in total. The molecule has 0 saturated heterocycles. The van der Waals surface area contributed by atoms with Crippen molar-refractivity contribution >= 4 is 18.7 Å². The summed E-state index contributed by atoms with van der Waals surface area (Å²) in [6.07, 6.45) is -0.502. The SMILES string of the molecule is CC(C)(C)OC(=O)NCCOc1cccc(B(O)OC(C)(C)C(C)(C)O)c1. The van der Waals surface area contributed by atoms with E-state index < -0.39 is 30.0 Å². The zero-order chi connectivity index (χ0) is 20.9. The van der Waals surface area contributed by atoms with Gasteiger partial charge in [-0.3, -0.25) is 0 Å². The number of rotatable bonds is 8. The van der Waals surface area contributed by atoms with Crippen LogP contribution in [0.2, 0.25) is 0 Å². The zero-order valence-electron chi connectivity index (χ0n) is 17.3. The van der Waals surface area contributed by atoms with Gasteiger partial charge in [-0.25, -0.2) is 4.79 Å². The van der Waals surface area contributed by atoms with Crippen LogP contribution in [0.5, 0.6) is 5.75 Å². The minimum atomic E-state index is -1.21. The lowest BCUT2D eigenvalue weighted by molar-refractivity contribution is -0.0982. The van der Waals surface area contributed by atoms with E-state index in [9.17, 15) is 14.9 Å². The number of alkyl carbamates (subject to hydrolysis) is 1. The Bertz CT molecular complexity index is 621. The molecule has 0 saturated carbocycles. The van der Waals surface area contributed by atoms with Crippen molar-refractivity contribution in [3.8, 4) is 5.75 Å². The van der Waals surface area contributed by atoms with Crippen LogP contribution in [-0.4, -0.2) is 53.3 Å². The van der Waals surface area contributed by atoms with E-state index in [0.29, 0.717) is 11.2 Å². The number of carbonyl (C=O) groups excluding carboxylic acids is 1. The Morgan fingerprint density at radius 1 is 1.15 bits per heavy atom. The highest BCUT2D eigenvalue weighted by atomic mass is 16.6. The summed E-state index contributed by atoms with van der Waals surface area (Å²) in [6.45, 7) is 12.6. The van der Waals surface area contributed by atoms with Crippen molar-refractivity contribution in [1.82, 2.24) is 5.32 Å². The third-order valence-electron chi connectivity index (χ3n) is 4.06. The molecule has 0 aromatic heterocycles. The second-order valence-corrected chi connectivity index (χ2v) is 8.39. The van der Waals surface area contributed by atoms with Crippen LogP contribution in [0.15, 0.2) is 24.3 Å². The Labute approximate surface area is 162 Å². The van der Waals surface area contributed by atoms with Gasteiger partial charge in [0.1, 0.15) is 18.0 Å². The van der Waals surface area contributed by atoms with Gasteiger partial charge in [0.2, 0.25) is 0 Å². The predicted octanol–water partition coefficient (Wildman–Crippen LogP) is 1.84. The average Bonchev–Trinajstić information content (AvgIpc) is 2.48. The molecule has 0 aliphatic carbocycles. The fourth-order valence-electron chi connectivity index (χ4n) is 1.89. The van der Waals surface area contributed by atoms with Gasteiger partial charge in [0.25, 0.3) is 0 Å². The molecule has 1 aromatic carbocycles. The Kier molecular flexibility index (Phi) is 7.71. The molecule has 0 spiro atoms. The molecular weight excluding hydrogens is 349 g/mol. The Morgan fingerprint density at radius 3 is 2.33 bits per heavy atom. The fraction of sp³-hybridized carbons (Fsp3) is 0.632. The summed E-state index contributed by atoms with van der Waals surface area (Å²) >= 11 is 0. The van der Waals surface area contributed by atoms with E-state index in [1.807, 2.05) is 0 Å². The number of hydrogen-bond acceptors (Lipinski definition) is 6. The van der Waals surface area contributed by atoms with Gasteiger partial charge in [0.05, 0.1) is 17.7 Å². The third kappa shape index (κ3) is 8.20. The van der Waals surface area contributed by atoms with E-state index in [1.54, 1.807) is 72.7 Å². The maximum absolute atomic E-state index is 11.6. The first-order chi connectivity index (χ1) is 12.2. The fourth-order valence-corrected chi connectivity index (χ4v) is 1.89. The lowest BCUT2D eigenvalue weighted by Crippen LogP contribution is -2.53. The minimum absolute atomic E-state index is 0.245. The van der Waals surface area contributed by atoms with Crippen LogP contribution in [0.25, 0.3) is 0 Å². The van der Waals surface area contributed by atoms with Crippen molar-refractivity contribution in [2.75, 3.05) is 13.2 Å². The lowest BCUT2D eigenvalue weighted by Gasteiger charge is -2.38. The predicted molar refractivity (Wildman–Crippen MR) is 105 cm³/mol. The summed E-state index contributed by atoms with van der Waals surface area (Å²) < 4.78 is 16.4. The highest BCUT2D eigenvalue weighted by Crippen LogP contribution is 2.25. The van der Waals surface area contributed by atoms with Crippen LogP contribution in [0, 0.1) is 0 Å². The number of hydrogen-bond donors (Lipinski definition) is 3. The number of ether oxygens (including phenoxy) is 2. The minimum Gasteiger partial charge on any atom is -0.492 e. The molecule has 1 rings (SSSR count). The van der Waals surface area contributed by atoms with E-state index in [4.69, 9.17) is 14.1 Å². The first-order valence-corrected chi connectivity index (χ1v) is 8.99. The molecule has 8 heteroatoms. The van der Waals surface area contributed by atoms with Gasteiger partial charge in [-0.2, -0.15) is 0 Å². The molecule has 1 aromatic rings. The van der Waals surface area contributed by atoms with E-state index >= 15 is 0 Å². The van der Waals surface area contributed by atoms with E-state index in [0.717, 1.165) is 0 Å². The van der Waals surface area contributed by atoms with Crippen LogP contribution in [0.3, 0.4) is 0 Å². The summed E-state index contributed by atoms with van der Waals surface area (Å²) in [7, 11) is -1.21. The number of amides is 1. The number of aliphatic hydroxyl groups is 1. The largest absolute Gasteiger partial charge is 0.492 e. The smallest absolute Gasteiger partial charge is 0.491 e. The molecular formula is C19H32BNO6. The van der Waals surface area contributed by atoms with E-state index in [-0.39, 0.29) is 13.2 Å². The number of carbonyl (C=O) groups is 1. The summed E-state index contributed by atoms with van der Waals surface area (Å²) in [5.74, 6) is 0.530. The van der Waals surface area contributed by atoms with Crippen LogP contribution in [0.4, 0.5) is 4.79 Å². The quantitative estimate of drug-likeness (QED) is 0.470. The molecule has 0 aliphatic rings. The summed E-state index contributed by atoms with van der Waals surface area (Å²) in [4.78, 5) is 11.6. The summed E-state index contributed by atoms with van der Waals surface area (Å²) in [5.41, 5.74) is -2.13. The molecule has 0 unspecified atom stereocenters. The molecule has 0 radical (unpaired) electrons. The third-order valence-corrected chi connectivity index (χ3v) is 4.06. The molecule has 7 nitrogen and oxygen atoms in total. The second kappa shape index (κ2) is 8.95. The Morgan fingerprint density at radius 2 is 1.78 bits per heavy atom. The van der Waals surface area contributed by atoms with Crippen LogP contribution >= 0.6 is 0 Å². The standard InChI is InChI=1S/C19H32BNO6/c1-17(2,3)26-16(22)21-11-12-25-15-10-8-9-14(13-15)20(24)27-19(6,7)18(4,5)23/h8-10,13,23-24H,11-12H2,1-7H3,(H,21,22). The zero-order valence-corrected chi connectivity index (χ0v) is 17.3. The van der Waals surface area contributed by atoms with E-state index in [1.165, 1.54) is 0 Å². The topological polar surface area (TPSA) is 97.3 Å². The van der Waals surface area contributed by atoms with Gasteiger partial charge < -0.3 is 29.6 Å². The van der Waals surface area contributed by atoms with E-state index in [2.05, 4.69) is 5.32 Å². The lowest BCUT2D eigenvalue weighted by atomic mass is 9.76. The molecule has 0 aliphatic heterocycles. The Hall–Kier alpha value is -1.77. The van der Waals surface area contributed by atoms with Gasteiger partial charge in [0, 0.05) is 0 Å². The molecule has 152 valence electrons. The maximum Gasteiger partial charge on any atom is 0.491 e. The van der Waals surface area contributed by atoms with Gasteiger partial charge in [-0.15, -0.1) is 0 Å². The molecule has 0 atom stereocenters. The molecule has 0 heterocycles. The summed E-state index contributed by atoms with van der Waals surface area (Å²) in [6, 6.07) is 6.83. The maximum atomic E-state index is 11.6. The first kappa shape index (κ1) is 23.3. The van der Waals surface area contributed by atoms with Crippen molar-refractivity contribution < 1.29 is 29.1 Å².